The quantitative estimate of drug-likeness (QED) is 0.0598. The number of anilines is 1. The van der Waals surface area contributed by atoms with E-state index in [4.69, 9.17) is 0 Å². The van der Waals surface area contributed by atoms with Gasteiger partial charge >= 0.3 is 0 Å². The fraction of sp³-hybridized carbons (Fsp3) is 0.870. The first kappa shape index (κ1) is 46.8. The van der Waals surface area contributed by atoms with Crippen molar-refractivity contribution in [3.63, 3.8) is 0 Å². The number of hydrogen-bond acceptors (Lipinski definition) is 4. The van der Waals surface area contributed by atoms with E-state index in [0.717, 1.165) is 31.4 Å². The number of hydrogen-bond donors (Lipinski definition) is 3. The van der Waals surface area contributed by atoms with E-state index >= 15 is 0 Å². The van der Waals surface area contributed by atoms with Crippen LogP contribution >= 0.6 is 0 Å². The molecule has 2 unspecified atom stereocenters. The molecule has 0 saturated carbocycles. The van der Waals surface area contributed by atoms with Gasteiger partial charge in [-0.25, -0.2) is 0 Å². The van der Waals surface area contributed by atoms with E-state index in [1.54, 1.807) is 12.1 Å². The molecule has 0 aliphatic carbocycles. The zero-order valence-corrected chi connectivity index (χ0v) is 33.7. The van der Waals surface area contributed by atoms with Crippen LogP contribution < -0.4 is 4.90 Å². The van der Waals surface area contributed by atoms with Crippen LogP contribution in [0.1, 0.15) is 232 Å². The first-order chi connectivity index (χ1) is 24.6. The lowest BCUT2D eigenvalue weighted by Crippen LogP contribution is -2.38. The molecule has 4 heteroatoms. The van der Waals surface area contributed by atoms with Crippen molar-refractivity contribution in [2.45, 2.75) is 244 Å². The van der Waals surface area contributed by atoms with Gasteiger partial charge in [-0.3, -0.25) is 0 Å². The van der Waals surface area contributed by atoms with Crippen molar-refractivity contribution in [3.05, 3.63) is 24.3 Å². The van der Waals surface area contributed by atoms with Crippen LogP contribution in [0.5, 0.6) is 5.75 Å². The fourth-order valence-electron chi connectivity index (χ4n) is 7.50. The van der Waals surface area contributed by atoms with Gasteiger partial charge < -0.3 is 20.2 Å². The third kappa shape index (κ3) is 30.4. The van der Waals surface area contributed by atoms with Crippen molar-refractivity contribution in [2.24, 2.45) is 0 Å². The van der Waals surface area contributed by atoms with Crippen molar-refractivity contribution < 1.29 is 15.3 Å². The van der Waals surface area contributed by atoms with Gasteiger partial charge in [0.25, 0.3) is 0 Å². The average molecular weight is 702 g/mol. The normalized spacial score (nSPS) is 12.8. The molecule has 0 aliphatic heterocycles. The Morgan fingerprint density at radius 2 is 0.620 bits per heavy atom. The molecule has 0 bridgehead atoms. The number of phenolic OH excluding ortho intramolecular Hbond substituents is 1. The number of rotatable bonds is 39. The number of aromatic hydroxyl groups is 1. The van der Waals surface area contributed by atoms with Crippen LogP contribution in [0, 0.1) is 0 Å². The van der Waals surface area contributed by atoms with Crippen molar-refractivity contribution in [1.29, 1.82) is 0 Å². The lowest BCUT2D eigenvalue weighted by atomic mass is 10.0. The molecule has 50 heavy (non-hydrogen) atoms. The van der Waals surface area contributed by atoms with Crippen LogP contribution in [0.3, 0.4) is 0 Å². The molecule has 0 spiro atoms. The van der Waals surface area contributed by atoms with Gasteiger partial charge in [-0.2, -0.15) is 0 Å². The second-order valence-corrected chi connectivity index (χ2v) is 15.9. The summed E-state index contributed by atoms with van der Waals surface area (Å²) in [5.41, 5.74) is 0.958. The molecule has 0 heterocycles. The monoisotopic (exact) mass is 702 g/mol. The largest absolute Gasteiger partial charge is 0.508 e. The highest BCUT2D eigenvalue weighted by Crippen LogP contribution is 2.22. The second kappa shape index (κ2) is 36.1. The Kier molecular flexibility index (Phi) is 33.8. The van der Waals surface area contributed by atoms with Crippen LogP contribution in [0.4, 0.5) is 5.69 Å². The maximum Gasteiger partial charge on any atom is 0.115 e. The molecule has 2 atom stereocenters. The highest BCUT2D eigenvalue weighted by molar-refractivity contribution is 5.49. The van der Waals surface area contributed by atoms with Crippen molar-refractivity contribution in [1.82, 2.24) is 0 Å². The topological polar surface area (TPSA) is 63.9 Å². The molecule has 0 radical (unpaired) electrons. The number of phenols is 1. The molecule has 0 amide bonds. The maximum atomic E-state index is 10.9. The SMILES string of the molecule is CCCCCCCCCCCCCCCCCCC(O)CN(CC(O)CCCCCCCCCCCCCCCCCC)c1ccc(O)cc1. The van der Waals surface area contributed by atoms with Crippen LogP contribution in [0.15, 0.2) is 24.3 Å². The summed E-state index contributed by atoms with van der Waals surface area (Å²) < 4.78 is 0. The molecule has 294 valence electrons. The Morgan fingerprint density at radius 1 is 0.380 bits per heavy atom. The van der Waals surface area contributed by atoms with E-state index in [9.17, 15) is 15.3 Å². The molecule has 0 aromatic heterocycles. The van der Waals surface area contributed by atoms with Gasteiger partial charge in [-0.05, 0) is 37.1 Å². The molecule has 0 fully saturated rings. The second-order valence-electron chi connectivity index (χ2n) is 15.9. The first-order valence-electron chi connectivity index (χ1n) is 22.5. The molecule has 0 saturated heterocycles. The summed E-state index contributed by atoms with van der Waals surface area (Å²) in [6.45, 7) is 5.63. The van der Waals surface area contributed by atoms with Crippen LogP contribution in [0.25, 0.3) is 0 Å². The summed E-state index contributed by atoms with van der Waals surface area (Å²) in [6, 6.07) is 7.20. The van der Waals surface area contributed by atoms with E-state index in [0.29, 0.717) is 13.1 Å². The van der Waals surface area contributed by atoms with Gasteiger partial charge in [0.1, 0.15) is 5.75 Å². The Labute approximate surface area is 312 Å². The Morgan fingerprint density at radius 3 is 0.880 bits per heavy atom. The standard InChI is InChI=1S/C46H87NO3/c1-3-5-7-9-11-13-15-17-19-21-23-25-27-29-31-33-35-45(49)41-47(43-37-39-44(48)40-38-43)42-46(50)36-34-32-30-28-26-24-22-20-18-16-14-12-10-8-6-4-2/h37-40,45-46,48-50H,3-36,41-42H2,1-2H3. The van der Waals surface area contributed by atoms with E-state index in [1.807, 2.05) is 12.1 Å². The molecule has 1 rings (SSSR count). The highest BCUT2D eigenvalue weighted by Gasteiger charge is 2.17. The smallest absolute Gasteiger partial charge is 0.115 e. The third-order valence-corrected chi connectivity index (χ3v) is 10.9. The number of benzene rings is 1. The summed E-state index contributed by atoms with van der Waals surface area (Å²) in [7, 11) is 0. The summed E-state index contributed by atoms with van der Waals surface area (Å²) in [4.78, 5) is 2.12. The Bertz CT molecular complexity index is 755. The van der Waals surface area contributed by atoms with Gasteiger partial charge in [-0.15, -0.1) is 0 Å². The lowest BCUT2D eigenvalue weighted by molar-refractivity contribution is 0.145. The molecule has 3 N–H and O–H groups in total. The average Bonchev–Trinajstić information content (AvgIpc) is 3.11. The molecule has 4 nitrogen and oxygen atoms in total. The van der Waals surface area contributed by atoms with Crippen molar-refractivity contribution in [2.75, 3.05) is 18.0 Å². The van der Waals surface area contributed by atoms with Gasteiger partial charge in [0, 0.05) is 18.8 Å². The summed E-state index contributed by atoms with van der Waals surface area (Å²) in [5, 5.41) is 31.6. The summed E-state index contributed by atoms with van der Waals surface area (Å²) >= 11 is 0. The predicted molar refractivity (Wildman–Crippen MR) is 221 cm³/mol. The maximum absolute atomic E-state index is 10.9. The molecule has 0 aliphatic rings. The van der Waals surface area contributed by atoms with Gasteiger partial charge in [0.15, 0.2) is 0 Å². The number of unbranched alkanes of at least 4 members (excludes halogenated alkanes) is 30. The minimum atomic E-state index is -0.404. The molecular formula is C46H87NO3. The van der Waals surface area contributed by atoms with Crippen LogP contribution in [-0.2, 0) is 0 Å². The van der Waals surface area contributed by atoms with Gasteiger partial charge in [0.2, 0.25) is 0 Å². The summed E-state index contributed by atoms with van der Waals surface area (Å²) in [6.07, 6.45) is 44.2. The minimum Gasteiger partial charge on any atom is -0.508 e. The first-order valence-corrected chi connectivity index (χ1v) is 22.5. The zero-order chi connectivity index (χ0) is 36.2. The fourth-order valence-corrected chi connectivity index (χ4v) is 7.50. The van der Waals surface area contributed by atoms with Crippen LogP contribution in [-0.4, -0.2) is 40.6 Å². The van der Waals surface area contributed by atoms with Crippen LogP contribution in [0.2, 0.25) is 0 Å². The van der Waals surface area contributed by atoms with E-state index in [2.05, 4.69) is 18.7 Å². The molecule has 1 aromatic carbocycles. The van der Waals surface area contributed by atoms with Crippen molar-refractivity contribution >= 4 is 5.69 Å². The summed E-state index contributed by atoms with van der Waals surface area (Å²) in [5.74, 6) is 0.246. The van der Waals surface area contributed by atoms with E-state index in [1.165, 1.54) is 193 Å². The molecular weight excluding hydrogens is 615 g/mol. The van der Waals surface area contributed by atoms with Gasteiger partial charge in [-0.1, -0.05) is 219 Å². The van der Waals surface area contributed by atoms with E-state index in [-0.39, 0.29) is 5.75 Å². The number of aliphatic hydroxyl groups is 2. The van der Waals surface area contributed by atoms with Gasteiger partial charge in [0.05, 0.1) is 12.2 Å². The lowest BCUT2D eigenvalue weighted by Gasteiger charge is -2.29. The number of nitrogens with zero attached hydrogens (tertiary/aromatic N) is 1. The Balaban J connectivity index is 2.10. The number of aliphatic hydroxyl groups excluding tert-OH is 2. The Hall–Kier alpha value is -1.26. The van der Waals surface area contributed by atoms with Crippen molar-refractivity contribution in [3.8, 4) is 5.75 Å². The minimum absolute atomic E-state index is 0.246. The third-order valence-electron chi connectivity index (χ3n) is 10.9. The predicted octanol–water partition coefficient (Wildman–Crippen LogP) is 14.2. The van der Waals surface area contributed by atoms with E-state index < -0.39 is 12.2 Å². The highest BCUT2D eigenvalue weighted by atomic mass is 16.3. The molecule has 1 aromatic rings. The zero-order valence-electron chi connectivity index (χ0n) is 33.7.